The highest BCUT2D eigenvalue weighted by molar-refractivity contribution is 5.71. The highest BCUT2D eigenvalue weighted by atomic mass is 15.3. The van der Waals surface area contributed by atoms with Crippen LogP contribution in [0.4, 0.5) is 5.82 Å². The summed E-state index contributed by atoms with van der Waals surface area (Å²) in [6.07, 6.45) is 3.83. The third-order valence-corrected chi connectivity index (χ3v) is 3.05. The number of hydrogen-bond donors (Lipinski definition) is 1. The maximum Gasteiger partial charge on any atom is 0.121 e. The Morgan fingerprint density at radius 1 is 1.21 bits per heavy atom. The summed E-state index contributed by atoms with van der Waals surface area (Å²) < 4.78 is 3.52. The summed E-state index contributed by atoms with van der Waals surface area (Å²) in [4.78, 5) is 0. The number of anilines is 1. The van der Waals surface area contributed by atoms with Crippen molar-refractivity contribution in [3.8, 4) is 16.9 Å². The van der Waals surface area contributed by atoms with Gasteiger partial charge in [0.15, 0.2) is 0 Å². The Morgan fingerprint density at radius 3 is 2.63 bits per heavy atom. The number of aryl methyl sites for hydroxylation is 2. The van der Waals surface area contributed by atoms with Gasteiger partial charge in [-0.25, -0.2) is 4.68 Å². The number of nitrogens with zero attached hydrogens (tertiary/aromatic N) is 4. The molecule has 96 valence electrons. The Labute approximate surface area is 111 Å². The zero-order chi connectivity index (χ0) is 13.4. The van der Waals surface area contributed by atoms with E-state index in [0.29, 0.717) is 5.82 Å². The number of benzene rings is 1. The predicted octanol–water partition coefficient (Wildman–Crippen LogP) is 2.16. The van der Waals surface area contributed by atoms with Crippen LogP contribution >= 0.6 is 0 Å². The first kappa shape index (κ1) is 11.5. The van der Waals surface area contributed by atoms with Crippen molar-refractivity contribution >= 4 is 5.82 Å². The van der Waals surface area contributed by atoms with Crippen LogP contribution in [-0.2, 0) is 7.05 Å². The van der Waals surface area contributed by atoms with Crippen LogP contribution in [0.5, 0.6) is 0 Å². The molecule has 0 bridgehead atoms. The van der Waals surface area contributed by atoms with Gasteiger partial charge in [-0.05, 0) is 18.6 Å². The molecule has 0 radical (unpaired) electrons. The van der Waals surface area contributed by atoms with E-state index in [2.05, 4.69) is 10.2 Å². The van der Waals surface area contributed by atoms with Crippen molar-refractivity contribution < 1.29 is 0 Å². The van der Waals surface area contributed by atoms with Gasteiger partial charge in [-0.15, -0.1) is 0 Å². The Balaban J connectivity index is 2.17. The first-order valence-electron chi connectivity index (χ1n) is 6.06. The van der Waals surface area contributed by atoms with Gasteiger partial charge in [0.1, 0.15) is 5.82 Å². The number of nitrogen functional groups attached to an aromatic ring is 1. The first-order chi connectivity index (χ1) is 9.15. The number of rotatable bonds is 2. The molecule has 0 aliphatic carbocycles. The van der Waals surface area contributed by atoms with Crippen LogP contribution in [0.15, 0.2) is 42.7 Å². The lowest BCUT2D eigenvalue weighted by Gasteiger charge is -2.06. The van der Waals surface area contributed by atoms with E-state index < -0.39 is 0 Å². The molecule has 0 saturated heterocycles. The maximum atomic E-state index is 5.85. The largest absolute Gasteiger partial charge is 0.384 e. The van der Waals surface area contributed by atoms with Crippen molar-refractivity contribution in [2.45, 2.75) is 6.92 Å². The molecule has 0 aliphatic heterocycles. The third kappa shape index (κ3) is 1.99. The van der Waals surface area contributed by atoms with E-state index in [0.717, 1.165) is 22.5 Å². The van der Waals surface area contributed by atoms with E-state index in [-0.39, 0.29) is 0 Å². The Bertz CT molecular complexity index is 704. The summed E-state index contributed by atoms with van der Waals surface area (Å²) >= 11 is 0. The Morgan fingerprint density at radius 2 is 2.00 bits per heavy atom. The predicted molar refractivity (Wildman–Crippen MR) is 74.9 cm³/mol. The van der Waals surface area contributed by atoms with Gasteiger partial charge in [-0.2, -0.15) is 10.2 Å². The van der Waals surface area contributed by atoms with Crippen LogP contribution in [-0.4, -0.2) is 19.6 Å². The summed E-state index contributed by atoms with van der Waals surface area (Å²) in [6, 6.07) is 9.89. The molecule has 5 nitrogen and oxygen atoms in total. The van der Waals surface area contributed by atoms with Crippen LogP contribution < -0.4 is 5.73 Å². The second kappa shape index (κ2) is 4.28. The highest BCUT2D eigenvalue weighted by Gasteiger charge is 2.11. The van der Waals surface area contributed by atoms with Gasteiger partial charge in [0.25, 0.3) is 0 Å². The SMILES string of the molecule is Cc1cnn(-c2ccccc2-c2cc(N)n(C)n2)c1. The van der Waals surface area contributed by atoms with E-state index in [9.17, 15) is 0 Å². The minimum atomic E-state index is 0.640. The fourth-order valence-electron chi connectivity index (χ4n) is 2.05. The summed E-state index contributed by atoms with van der Waals surface area (Å²) in [5, 5.41) is 8.78. The minimum absolute atomic E-state index is 0.640. The molecular weight excluding hydrogens is 238 g/mol. The van der Waals surface area contributed by atoms with Crippen LogP contribution in [0.25, 0.3) is 16.9 Å². The molecule has 0 aliphatic rings. The standard InChI is InChI=1S/C14H15N5/c1-10-8-16-19(9-10)13-6-4-3-5-11(13)12-7-14(15)18(2)17-12/h3-9H,15H2,1-2H3. The van der Waals surface area contributed by atoms with Crippen LogP contribution in [0.1, 0.15) is 5.56 Å². The molecule has 2 aromatic heterocycles. The van der Waals surface area contributed by atoms with Crippen molar-refractivity contribution in [1.29, 1.82) is 0 Å². The molecule has 0 saturated carbocycles. The lowest BCUT2D eigenvalue weighted by molar-refractivity contribution is 0.781. The molecule has 2 heterocycles. The molecular formula is C14H15N5. The van der Waals surface area contributed by atoms with Crippen molar-refractivity contribution in [2.24, 2.45) is 7.05 Å². The minimum Gasteiger partial charge on any atom is -0.384 e. The van der Waals surface area contributed by atoms with Gasteiger partial charge in [-0.3, -0.25) is 4.68 Å². The van der Waals surface area contributed by atoms with Crippen molar-refractivity contribution in [3.63, 3.8) is 0 Å². The summed E-state index contributed by atoms with van der Waals surface area (Å²) in [7, 11) is 1.83. The molecule has 0 fully saturated rings. The van der Waals surface area contributed by atoms with Crippen molar-refractivity contribution in [2.75, 3.05) is 5.73 Å². The first-order valence-corrected chi connectivity index (χ1v) is 6.06. The quantitative estimate of drug-likeness (QED) is 0.761. The van der Waals surface area contributed by atoms with Gasteiger partial charge in [0, 0.05) is 24.9 Å². The van der Waals surface area contributed by atoms with E-state index >= 15 is 0 Å². The monoisotopic (exact) mass is 253 g/mol. The van der Waals surface area contributed by atoms with Crippen LogP contribution in [0.2, 0.25) is 0 Å². The molecule has 3 rings (SSSR count). The second-order valence-electron chi connectivity index (χ2n) is 4.56. The zero-order valence-electron chi connectivity index (χ0n) is 10.9. The van der Waals surface area contributed by atoms with E-state index in [1.54, 1.807) is 4.68 Å². The molecule has 0 atom stereocenters. The molecule has 5 heteroatoms. The van der Waals surface area contributed by atoms with Gasteiger partial charge in [0.2, 0.25) is 0 Å². The van der Waals surface area contributed by atoms with E-state index in [4.69, 9.17) is 5.73 Å². The van der Waals surface area contributed by atoms with E-state index in [1.165, 1.54) is 0 Å². The number of aromatic nitrogens is 4. The van der Waals surface area contributed by atoms with Crippen molar-refractivity contribution in [1.82, 2.24) is 19.6 Å². The summed E-state index contributed by atoms with van der Waals surface area (Å²) in [5.74, 6) is 0.640. The number of para-hydroxylation sites is 1. The maximum absolute atomic E-state index is 5.85. The lowest BCUT2D eigenvalue weighted by Crippen LogP contribution is -1.98. The smallest absolute Gasteiger partial charge is 0.121 e. The Hall–Kier alpha value is -2.56. The van der Waals surface area contributed by atoms with E-state index in [1.807, 2.05) is 61.4 Å². The van der Waals surface area contributed by atoms with Gasteiger partial charge in [0.05, 0.1) is 17.6 Å². The topological polar surface area (TPSA) is 61.7 Å². The van der Waals surface area contributed by atoms with Crippen LogP contribution in [0.3, 0.4) is 0 Å². The third-order valence-electron chi connectivity index (χ3n) is 3.05. The van der Waals surface area contributed by atoms with Crippen LogP contribution in [0, 0.1) is 6.92 Å². The zero-order valence-corrected chi connectivity index (χ0v) is 10.9. The fraction of sp³-hybridized carbons (Fsp3) is 0.143. The molecule has 0 spiro atoms. The number of nitrogens with two attached hydrogens (primary N) is 1. The molecule has 0 unspecified atom stereocenters. The lowest BCUT2D eigenvalue weighted by atomic mass is 10.1. The Kier molecular flexibility index (Phi) is 2.59. The van der Waals surface area contributed by atoms with Gasteiger partial charge < -0.3 is 5.73 Å². The van der Waals surface area contributed by atoms with Crippen molar-refractivity contribution in [3.05, 3.63) is 48.3 Å². The second-order valence-corrected chi connectivity index (χ2v) is 4.56. The average molecular weight is 253 g/mol. The fourth-order valence-corrected chi connectivity index (χ4v) is 2.05. The molecule has 3 aromatic rings. The number of hydrogen-bond acceptors (Lipinski definition) is 3. The summed E-state index contributed by atoms with van der Waals surface area (Å²) in [5.41, 5.74) is 9.83. The average Bonchev–Trinajstić information content (AvgIpc) is 2.97. The normalized spacial score (nSPS) is 10.8. The highest BCUT2D eigenvalue weighted by Crippen LogP contribution is 2.26. The van der Waals surface area contributed by atoms with Gasteiger partial charge >= 0.3 is 0 Å². The molecule has 2 N–H and O–H groups in total. The molecule has 0 amide bonds. The molecule has 19 heavy (non-hydrogen) atoms. The van der Waals surface area contributed by atoms with Gasteiger partial charge in [-0.1, -0.05) is 18.2 Å². The summed E-state index contributed by atoms with van der Waals surface area (Å²) in [6.45, 7) is 2.02. The molecule has 1 aromatic carbocycles.